The number of carbonyl (C=O) groups excluding carboxylic acids is 2. The molecule has 1 fully saturated rings. The summed E-state index contributed by atoms with van der Waals surface area (Å²) in [5, 5.41) is 30.8. The second kappa shape index (κ2) is 8.41. The molecule has 0 spiro atoms. The van der Waals surface area contributed by atoms with Crippen LogP contribution in [-0.2, 0) is 14.3 Å². The van der Waals surface area contributed by atoms with E-state index in [-0.39, 0.29) is 30.6 Å². The maximum Gasteiger partial charge on any atom is 0.308 e. The average Bonchev–Trinajstić information content (AvgIpc) is 2.47. The van der Waals surface area contributed by atoms with Crippen LogP contribution >= 0.6 is 0 Å². The lowest BCUT2D eigenvalue weighted by atomic mass is 9.78. The van der Waals surface area contributed by atoms with E-state index in [0.29, 0.717) is 12.8 Å². The van der Waals surface area contributed by atoms with Gasteiger partial charge in [0.15, 0.2) is 0 Å². The molecule has 1 aliphatic rings. The molecule has 0 saturated carbocycles. The molecule has 3 N–H and O–H groups in total. The maximum absolute atomic E-state index is 12.5. The molecule has 140 valence electrons. The van der Waals surface area contributed by atoms with Gasteiger partial charge in [-0.05, 0) is 32.1 Å². The fraction of sp³-hybridized carbons (Fsp3) is 0.889. The first kappa shape index (κ1) is 21.1. The molecule has 1 rings (SSSR count). The van der Waals surface area contributed by atoms with Gasteiger partial charge in [-0.3, -0.25) is 9.59 Å². The Morgan fingerprint density at radius 3 is 2.21 bits per heavy atom. The van der Waals surface area contributed by atoms with E-state index in [1.165, 1.54) is 0 Å². The molecule has 1 aliphatic heterocycles. The van der Waals surface area contributed by atoms with Crippen LogP contribution in [0.5, 0.6) is 0 Å². The van der Waals surface area contributed by atoms with Crippen molar-refractivity contribution in [3.8, 4) is 0 Å². The van der Waals surface area contributed by atoms with Crippen LogP contribution in [0, 0.1) is 23.7 Å². The molecule has 0 amide bonds. The first-order chi connectivity index (χ1) is 10.9. The fourth-order valence-electron chi connectivity index (χ4n) is 3.74. The van der Waals surface area contributed by atoms with Gasteiger partial charge in [0.25, 0.3) is 0 Å². The average molecular weight is 344 g/mol. The van der Waals surface area contributed by atoms with Gasteiger partial charge in [-0.2, -0.15) is 0 Å². The minimum atomic E-state index is -1.31. The Bertz CT molecular complexity index is 447. The Morgan fingerprint density at radius 1 is 1.04 bits per heavy atom. The first-order valence-corrected chi connectivity index (χ1v) is 8.73. The van der Waals surface area contributed by atoms with Gasteiger partial charge in [-0.15, -0.1) is 0 Å². The molecule has 0 bridgehead atoms. The van der Waals surface area contributed by atoms with Crippen molar-refractivity contribution in [3.05, 3.63) is 0 Å². The van der Waals surface area contributed by atoms with Gasteiger partial charge in [-0.25, -0.2) is 0 Å². The van der Waals surface area contributed by atoms with Crippen LogP contribution < -0.4 is 0 Å². The standard InChI is InChI=1S/C18H32O6/c1-10-6-11(2)17(22)24-9-14(19)16(21)13(4)15(20)12(3)8-18(5,23)7-10/h10-14,16,19,21,23H,6-9H2,1-5H3/t10-,11?,12+,13?,14?,16?,18-/m0/s1. The Labute approximate surface area is 144 Å². The van der Waals surface area contributed by atoms with E-state index in [2.05, 4.69) is 0 Å². The number of ether oxygens (including phenoxy) is 1. The quantitative estimate of drug-likeness (QED) is 0.572. The summed E-state index contributed by atoms with van der Waals surface area (Å²) >= 11 is 0. The van der Waals surface area contributed by atoms with Gasteiger partial charge in [0.2, 0.25) is 0 Å². The highest BCUT2D eigenvalue weighted by Gasteiger charge is 2.36. The lowest BCUT2D eigenvalue weighted by molar-refractivity contribution is -0.156. The van der Waals surface area contributed by atoms with E-state index in [1.807, 2.05) is 6.92 Å². The molecule has 1 heterocycles. The van der Waals surface area contributed by atoms with Crippen LogP contribution in [0.1, 0.15) is 53.9 Å². The van der Waals surface area contributed by atoms with E-state index >= 15 is 0 Å². The van der Waals surface area contributed by atoms with E-state index in [0.717, 1.165) is 0 Å². The first-order valence-electron chi connectivity index (χ1n) is 8.73. The lowest BCUT2D eigenvalue weighted by Gasteiger charge is -2.32. The maximum atomic E-state index is 12.5. The van der Waals surface area contributed by atoms with Gasteiger partial charge in [0, 0.05) is 11.8 Å². The van der Waals surface area contributed by atoms with E-state index < -0.39 is 35.6 Å². The Hall–Kier alpha value is -0.980. The van der Waals surface area contributed by atoms with Gasteiger partial charge in [0.05, 0.1) is 17.6 Å². The summed E-state index contributed by atoms with van der Waals surface area (Å²) < 4.78 is 5.07. The molecular weight excluding hydrogens is 312 g/mol. The molecule has 4 unspecified atom stereocenters. The number of cyclic esters (lactones) is 1. The summed E-state index contributed by atoms with van der Waals surface area (Å²) in [4.78, 5) is 24.5. The summed E-state index contributed by atoms with van der Waals surface area (Å²) in [5.41, 5.74) is -1.04. The van der Waals surface area contributed by atoms with Gasteiger partial charge < -0.3 is 20.1 Å². The number of esters is 1. The van der Waals surface area contributed by atoms with Crippen molar-refractivity contribution in [3.63, 3.8) is 0 Å². The zero-order valence-corrected chi connectivity index (χ0v) is 15.4. The third-order valence-electron chi connectivity index (χ3n) is 4.93. The van der Waals surface area contributed by atoms with Crippen LogP contribution in [0.25, 0.3) is 0 Å². The monoisotopic (exact) mass is 344 g/mol. The predicted molar refractivity (Wildman–Crippen MR) is 89.1 cm³/mol. The minimum Gasteiger partial charge on any atom is -0.463 e. The normalized spacial score (nSPS) is 43.8. The van der Waals surface area contributed by atoms with Crippen molar-refractivity contribution in [1.82, 2.24) is 0 Å². The van der Waals surface area contributed by atoms with Crippen molar-refractivity contribution >= 4 is 11.8 Å². The smallest absolute Gasteiger partial charge is 0.308 e. The summed E-state index contributed by atoms with van der Waals surface area (Å²) in [6, 6.07) is 0. The molecule has 0 aromatic rings. The highest BCUT2D eigenvalue weighted by Crippen LogP contribution is 2.30. The highest BCUT2D eigenvalue weighted by atomic mass is 16.5. The van der Waals surface area contributed by atoms with E-state index in [4.69, 9.17) is 4.74 Å². The van der Waals surface area contributed by atoms with Crippen molar-refractivity contribution < 1.29 is 29.6 Å². The van der Waals surface area contributed by atoms with Crippen LogP contribution in [0.3, 0.4) is 0 Å². The van der Waals surface area contributed by atoms with Crippen LogP contribution in [0.4, 0.5) is 0 Å². The number of rotatable bonds is 0. The topological polar surface area (TPSA) is 104 Å². The third kappa shape index (κ3) is 5.83. The highest BCUT2D eigenvalue weighted by molar-refractivity contribution is 5.83. The lowest BCUT2D eigenvalue weighted by Crippen LogP contribution is -2.43. The number of hydrogen-bond donors (Lipinski definition) is 3. The van der Waals surface area contributed by atoms with Crippen LogP contribution in [-0.4, -0.2) is 51.5 Å². The molecule has 0 aliphatic carbocycles. The van der Waals surface area contributed by atoms with Gasteiger partial charge in [0.1, 0.15) is 18.5 Å². The summed E-state index contributed by atoms with van der Waals surface area (Å²) in [6.07, 6.45) is -1.32. The van der Waals surface area contributed by atoms with Crippen molar-refractivity contribution in [2.45, 2.75) is 71.7 Å². The van der Waals surface area contributed by atoms with E-state index in [1.54, 1.807) is 27.7 Å². The Balaban J connectivity index is 3.00. The molecule has 0 aromatic carbocycles. The number of aliphatic hydroxyl groups is 3. The SMILES string of the molecule is CC1C[C@H](C)C[C@](C)(O)C[C@@H](C)C(=O)C(C)C(O)C(O)COC1=O. The number of ketones is 1. The molecule has 7 atom stereocenters. The summed E-state index contributed by atoms with van der Waals surface area (Å²) in [6.45, 7) is 8.33. The molecular formula is C18H32O6. The Morgan fingerprint density at radius 2 is 1.62 bits per heavy atom. The van der Waals surface area contributed by atoms with Crippen LogP contribution in [0.2, 0.25) is 0 Å². The minimum absolute atomic E-state index is 0.0840. The molecule has 1 saturated heterocycles. The molecule has 0 radical (unpaired) electrons. The second-order valence-electron chi connectivity index (χ2n) is 7.93. The van der Waals surface area contributed by atoms with Gasteiger partial charge >= 0.3 is 5.97 Å². The number of hydrogen-bond acceptors (Lipinski definition) is 6. The van der Waals surface area contributed by atoms with E-state index in [9.17, 15) is 24.9 Å². The third-order valence-corrected chi connectivity index (χ3v) is 4.93. The zero-order valence-electron chi connectivity index (χ0n) is 15.4. The fourth-order valence-corrected chi connectivity index (χ4v) is 3.74. The van der Waals surface area contributed by atoms with Crippen molar-refractivity contribution in [2.75, 3.05) is 6.61 Å². The molecule has 24 heavy (non-hydrogen) atoms. The summed E-state index contributed by atoms with van der Waals surface area (Å²) in [7, 11) is 0. The molecule has 6 nitrogen and oxygen atoms in total. The Kier molecular flexibility index (Phi) is 7.38. The molecule has 0 aromatic heterocycles. The van der Waals surface area contributed by atoms with Crippen LogP contribution in [0.15, 0.2) is 0 Å². The number of Topliss-reactive ketones (excluding diaryl/α,β-unsaturated/α-hetero) is 1. The zero-order chi connectivity index (χ0) is 18.7. The second-order valence-corrected chi connectivity index (χ2v) is 7.93. The van der Waals surface area contributed by atoms with Gasteiger partial charge in [-0.1, -0.05) is 27.7 Å². The molecule has 6 heteroatoms. The van der Waals surface area contributed by atoms with Crippen molar-refractivity contribution in [2.24, 2.45) is 23.7 Å². The predicted octanol–water partition coefficient (Wildman–Crippen LogP) is 1.30. The van der Waals surface area contributed by atoms with Crippen molar-refractivity contribution in [1.29, 1.82) is 0 Å². The number of carbonyl (C=O) groups is 2. The summed E-state index contributed by atoms with van der Waals surface area (Å²) in [5.74, 6) is -2.18. The largest absolute Gasteiger partial charge is 0.463 e. The number of aliphatic hydroxyl groups excluding tert-OH is 2.